The van der Waals surface area contributed by atoms with Crippen molar-refractivity contribution in [3.63, 3.8) is 0 Å². The van der Waals surface area contributed by atoms with Crippen molar-refractivity contribution >= 4 is 5.78 Å². The summed E-state index contributed by atoms with van der Waals surface area (Å²) in [5.41, 5.74) is -4.50. The third-order valence-electron chi connectivity index (χ3n) is 10.8. The van der Waals surface area contributed by atoms with Gasteiger partial charge in [0.05, 0.1) is 6.10 Å². The maximum atomic E-state index is 14.1. The highest BCUT2D eigenvalue weighted by molar-refractivity contribution is 5.94. The Morgan fingerprint density at radius 3 is 2.22 bits per heavy atom. The van der Waals surface area contributed by atoms with Crippen molar-refractivity contribution < 1.29 is 40.6 Å². The van der Waals surface area contributed by atoms with Gasteiger partial charge in [-0.05, 0) is 98.4 Å². The first-order valence-electron chi connectivity index (χ1n) is 13.2. The predicted molar refractivity (Wildman–Crippen MR) is 121 cm³/mol. The van der Waals surface area contributed by atoms with E-state index in [2.05, 4.69) is 13.8 Å². The van der Waals surface area contributed by atoms with E-state index in [1.54, 1.807) is 6.08 Å². The zero-order valence-corrected chi connectivity index (χ0v) is 21.1. The third kappa shape index (κ3) is 4.23. The number of hydrogen-bond acceptors (Lipinski definition) is 2. The molecule has 4 aliphatic carbocycles. The van der Waals surface area contributed by atoms with Gasteiger partial charge < -0.3 is 5.11 Å². The number of rotatable bonds is 5. The first-order valence-corrected chi connectivity index (χ1v) is 13.2. The fourth-order valence-electron chi connectivity index (χ4n) is 8.67. The van der Waals surface area contributed by atoms with Crippen LogP contribution in [0.1, 0.15) is 85.0 Å². The van der Waals surface area contributed by atoms with E-state index in [9.17, 15) is 40.6 Å². The Hall–Kier alpha value is -1.12. The van der Waals surface area contributed by atoms with E-state index in [1.807, 2.05) is 6.92 Å². The topological polar surface area (TPSA) is 37.3 Å². The number of hydrogen-bond donors (Lipinski definition) is 1. The number of carbonyl (C=O) groups excluding carboxylic acids is 1. The van der Waals surface area contributed by atoms with Crippen molar-refractivity contribution in [2.24, 2.45) is 40.4 Å². The Kier molecular flexibility index (Phi) is 6.96. The molecule has 0 heterocycles. The van der Waals surface area contributed by atoms with Crippen LogP contribution in [0, 0.1) is 40.4 Å². The van der Waals surface area contributed by atoms with Crippen LogP contribution in [0.5, 0.6) is 0 Å². The summed E-state index contributed by atoms with van der Waals surface area (Å²) >= 11 is 0. The molecule has 0 aromatic rings. The lowest BCUT2D eigenvalue weighted by atomic mass is 9.46. The quantitative estimate of drug-likeness (QED) is 0.372. The molecule has 0 aromatic carbocycles. The van der Waals surface area contributed by atoms with Crippen molar-refractivity contribution in [1.29, 1.82) is 0 Å². The monoisotopic (exact) mass is 526 g/mol. The molecule has 0 radical (unpaired) electrons. The minimum Gasteiger partial charge on any atom is -0.393 e. The maximum Gasteiger partial charge on any atom is 0.431 e. The maximum absolute atomic E-state index is 14.1. The van der Waals surface area contributed by atoms with Gasteiger partial charge in [-0.1, -0.05) is 32.8 Å². The van der Waals surface area contributed by atoms with Gasteiger partial charge in [0.25, 0.3) is 5.67 Å². The second-order valence-corrected chi connectivity index (χ2v) is 12.5. The smallest absolute Gasteiger partial charge is 0.393 e. The summed E-state index contributed by atoms with van der Waals surface area (Å²) in [6, 6.07) is 0. The summed E-state index contributed by atoms with van der Waals surface area (Å²) in [5, 5.41) is 10.1. The van der Waals surface area contributed by atoms with Crippen LogP contribution in [0.25, 0.3) is 0 Å². The Bertz CT molecular complexity index is 880. The molecule has 3 fully saturated rings. The summed E-state index contributed by atoms with van der Waals surface area (Å²) < 4.78 is 91.7. The lowest BCUT2D eigenvalue weighted by molar-refractivity contribution is -0.343. The van der Waals surface area contributed by atoms with Crippen LogP contribution in [0.4, 0.5) is 30.7 Å². The number of carbonyl (C=O) groups is 1. The molecule has 206 valence electrons. The molecule has 0 aliphatic heterocycles. The number of alkyl halides is 7. The molecule has 36 heavy (non-hydrogen) atoms. The van der Waals surface area contributed by atoms with E-state index in [0.717, 1.165) is 37.7 Å². The largest absolute Gasteiger partial charge is 0.431 e. The average molecular weight is 527 g/mol. The number of aliphatic hydroxyl groups excluding tert-OH is 1. The zero-order valence-electron chi connectivity index (χ0n) is 21.1. The molecular formula is C27H37F7O2. The van der Waals surface area contributed by atoms with Gasteiger partial charge in [0.2, 0.25) is 0 Å². The van der Waals surface area contributed by atoms with Gasteiger partial charge in [0.15, 0.2) is 5.78 Å². The minimum absolute atomic E-state index is 0.0633. The fourth-order valence-corrected chi connectivity index (χ4v) is 8.67. The fraction of sp³-hybridized carbons (Fsp3) is 0.889. The summed E-state index contributed by atoms with van der Waals surface area (Å²) in [7, 11) is 0. The van der Waals surface area contributed by atoms with Crippen molar-refractivity contribution in [2.45, 2.75) is 109 Å². The van der Waals surface area contributed by atoms with E-state index in [4.69, 9.17) is 0 Å². The van der Waals surface area contributed by atoms with Gasteiger partial charge in [0, 0.05) is 5.92 Å². The Morgan fingerprint density at radius 2 is 1.61 bits per heavy atom. The standard InChI is InChI=1S/C27H37F7O2/c1-15(5-4-10-25(28,26(29,30)31)27(32,33)34)18-6-7-19-22-20(9-12-24(18,19)3)23(2)11-8-17(35)13-16(23)14-21(22)36/h14-15,17-20,22,35H,4-13H2,1-3H3. The molecule has 3 saturated carbocycles. The molecule has 0 saturated heterocycles. The molecule has 2 nitrogen and oxygen atoms in total. The van der Waals surface area contributed by atoms with Crippen LogP contribution in [0.3, 0.4) is 0 Å². The van der Waals surface area contributed by atoms with Crippen molar-refractivity contribution in [3.8, 4) is 0 Å². The average Bonchev–Trinajstić information content (AvgIpc) is 3.10. The van der Waals surface area contributed by atoms with Crippen LogP contribution >= 0.6 is 0 Å². The van der Waals surface area contributed by atoms with Gasteiger partial charge in [0.1, 0.15) is 0 Å². The molecular weight excluding hydrogens is 489 g/mol. The second kappa shape index (κ2) is 8.98. The number of ketones is 1. The van der Waals surface area contributed by atoms with Crippen molar-refractivity contribution in [3.05, 3.63) is 11.6 Å². The SMILES string of the molecule is CC(CCCC(F)(C(F)(F)F)C(F)(F)F)C1CCC2C3C(=O)C=C4CC(O)CCC4(C)C3CCC12C. The molecule has 0 spiro atoms. The number of fused-ring (bicyclic) bond motifs is 5. The second-order valence-electron chi connectivity index (χ2n) is 12.5. The Morgan fingerprint density at radius 1 is 0.972 bits per heavy atom. The summed E-state index contributed by atoms with van der Waals surface area (Å²) in [5.74, 6) is 0.154. The van der Waals surface area contributed by atoms with Gasteiger partial charge in [-0.25, -0.2) is 4.39 Å². The highest BCUT2D eigenvalue weighted by atomic mass is 19.4. The van der Waals surface area contributed by atoms with Crippen molar-refractivity contribution in [1.82, 2.24) is 0 Å². The first-order chi connectivity index (χ1) is 16.5. The normalized spacial score (nSPS) is 40.2. The van der Waals surface area contributed by atoms with Gasteiger partial charge in [-0.15, -0.1) is 0 Å². The number of halogens is 7. The van der Waals surface area contributed by atoms with Crippen LogP contribution in [0.2, 0.25) is 0 Å². The molecule has 0 bridgehead atoms. The summed E-state index contributed by atoms with van der Waals surface area (Å²) in [6.07, 6.45) is -7.40. The van der Waals surface area contributed by atoms with E-state index >= 15 is 0 Å². The molecule has 0 aromatic heterocycles. The van der Waals surface area contributed by atoms with E-state index in [-0.39, 0.29) is 52.6 Å². The molecule has 1 N–H and O–H groups in total. The van der Waals surface area contributed by atoms with E-state index < -0.39 is 37.0 Å². The molecule has 0 amide bonds. The third-order valence-corrected chi connectivity index (χ3v) is 10.8. The number of allylic oxidation sites excluding steroid dienone is 1. The molecule has 4 aliphatic rings. The van der Waals surface area contributed by atoms with Crippen LogP contribution in [0.15, 0.2) is 11.6 Å². The Labute approximate surface area is 208 Å². The number of aliphatic hydroxyl groups is 1. The highest BCUT2D eigenvalue weighted by Gasteiger charge is 2.71. The van der Waals surface area contributed by atoms with Crippen LogP contribution in [-0.2, 0) is 4.79 Å². The zero-order chi connectivity index (χ0) is 26.9. The Balaban J connectivity index is 1.47. The molecule has 9 heteroatoms. The molecule has 8 atom stereocenters. The van der Waals surface area contributed by atoms with E-state index in [0.29, 0.717) is 12.8 Å². The van der Waals surface area contributed by atoms with Gasteiger partial charge in [-0.2, -0.15) is 26.3 Å². The van der Waals surface area contributed by atoms with Crippen LogP contribution < -0.4 is 0 Å². The first kappa shape index (κ1) is 27.9. The van der Waals surface area contributed by atoms with Gasteiger partial charge >= 0.3 is 12.4 Å². The predicted octanol–water partition coefficient (Wildman–Crippen LogP) is 7.74. The lowest BCUT2D eigenvalue weighted by Crippen LogP contribution is -2.54. The summed E-state index contributed by atoms with van der Waals surface area (Å²) in [6.45, 7) is 6.18. The van der Waals surface area contributed by atoms with Crippen LogP contribution in [-0.4, -0.2) is 35.0 Å². The molecule has 8 unspecified atom stereocenters. The van der Waals surface area contributed by atoms with Gasteiger partial charge in [-0.3, -0.25) is 4.79 Å². The summed E-state index contributed by atoms with van der Waals surface area (Å²) in [4.78, 5) is 13.4. The highest BCUT2D eigenvalue weighted by Crippen LogP contribution is 2.66. The van der Waals surface area contributed by atoms with Crippen molar-refractivity contribution in [2.75, 3.05) is 0 Å². The lowest BCUT2D eigenvalue weighted by Gasteiger charge is -2.57. The molecule has 4 rings (SSSR count). The van der Waals surface area contributed by atoms with E-state index in [1.165, 1.54) is 0 Å². The minimum atomic E-state index is -6.00.